The van der Waals surface area contributed by atoms with Gasteiger partial charge in [0.1, 0.15) is 0 Å². The molecule has 0 saturated heterocycles. The highest BCUT2D eigenvalue weighted by Gasteiger charge is 2.20. The molecule has 0 N–H and O–H groups in total. The van der Waals surface area contributed by atoms with E-state index in [0.717, 1.165) is 33.9 Å². The molecule has 0 radical (unpaired) electrons. The van der Waals surface area contributed by atoms with Crippen LogP contribution in [0, 0.1) is 0 Å². The lowest BCUT2D eigenvalue weighted by Crippen LogP contribution is -2.11. The van der Waals surface area contributed by atoms with Gasteiger partial charge >= 0.3 is 0 Å². The van der Waals surface area contributed by atoms with E-state index in [-0.39, 0.29) is 0 Å². The van der Waals surface area contributed by atoms with E-state index in [1.54, 1.807) is 0 Å². The Kier molecular flexibility index (Phi) is 8.55. The summed E-state index contributed by atoms with van der Waals surface area (Å²) < 4.78 is 2.38. The summed E-state index contributed by atoms with van der Waals surface area (Å²) in [5.74, 6) is 0. The maximum absolute atomic E-state index is 2.41. The molecule has 0 aliphatic heterocycles. The van der Waals surface area contributed by atoms with Crippen molar-refractivity contribution < 1.29 is 0 Å². The summed E-state index contributed by atoms with van der Waals surface area (Å²) in [5.41, 5.74) is 16.3. The van der Waals surface area contributed by atoms with Crippen LogP contribution in [0.5, 0.6) is 0 Å². The highest BCUT2D eigenvalue weighted by Crippen LogP contribution is 2.44. The predicted molar refractivity (Wildman–Crippen MR) is 237 cm³/mol. The van der Waals surface area contributed by atoms with Gasteiger partial charge in [0.25, 0.3) is 0 Å². The fourth-order valence-corrected chi connectivity index (χ4v) is 8.16. The lowest BCUT2D eigenvalue weighted by molar-refractivity contribution is 1.18. The van der Waals surface area contributed by atoms with Gasteiger partial charge in [-0.2, -0.15) is 0 Å². The molecule has 0 atom stereocenters. The number of hydrogen-bond donors (Lipinski definition) is 0. The first-order valence-electron chi connectivity index (χ1n) is 19.2. The van der Waals surface area contributed by atoms with Gasteiger partial charge in [0, 0.05) is 33.4 Å². The summed E-state index contributed by atoms with van der Waals surface area (Å²) in [6.45, 7) is 0. The second-order valence-electron chi connectivity index (χ2n) is 14.1. The smallest absolute Gasteiger partial charge is 0.0541 e. The van der Waals surface area contributed by atoms with Crippen molar-refractivity contribution in [1.29, 1.82) is 0 Å². The lowest BCUT2D eigenvalue weighted by Gasteiger charge is -2.29. The van der Waals surface area contributed by atoms with Gasteiger partial charge in [-0.25, -0.2) is 0 Å². The first-order chi connectivity index (χ1) is 27.8. The molecule has 0 fully saturated rings. The summed E-state index contributed by atoms with van der Waals surface area (Å²) in [4.78, 5) is 2.41. The van der Waals surface area contributed by atoms with Crippen LogP contribution in [0.3, 0.4) is 0 Å². The van der Waals surface area contributed by atoms with Crippen LogP contribution >= 0.6 is 0 Å². The van der Waals surface area contributed by atoms with E-state index < -0.39 is 0 Å². The Morgan fingerprint density at radius 3 is 1.36 bits per heavy atom. The third kappa shape index (κ3) is 6.04. The Labute approximate surface area is 327 Å². The van der Waals surface area contributed by atoms with Crippen LogP contribution < -0.4 is 4.90 Å². The van der Waals surface area contributed by atoms with Crippen molar-refractivity contribution in [2.75, 3.05) is 4.90 Å². The van der Waals surface area contributed by atoms with Gasteiger partial charge in [-0.3, -0.25) is 0 Å². The number of hydrogen-bond acceptors (Lipinski definition) is 1. The summed E-state index contributed by atoms with van der Waals surface area (Å²) in [7, 11) is 0. The van der Waals surface area contributed by atoms with E-state index in [0.29, 0.717) is 0 Å². The zero-order chi connectivity index (χ0) is 37.3. The van der Waals surface area contributed by atoms with Crippen LogP contribution in [-0.2, 0) is 0 Å². The molecule has 1 heterocycles. The molecule has 0 aliphatic carbocycles. The van der Waals surface area contributed by atoms with E-state index >= 15 is 0 Å². The molecule has 2 nitrogen and oxygen atoms in total. The molecule has 56 heavy (non-hydrogen) atoms. The topological polar surface area (TPSA) is 8.17 Å². The second-order valence-corrected chi connectivity index (χ2v) is 14.1. The molecule has 264 valence electrons. The third-order valence-corrected chi connectivity index (χ3v) is 10.8. The molecule has 2 heteroatoms. The Balaban J connectivity index is 1.13. The average Bonchev–Trinajstić information content (AvgIpc) is 3.62. The van der Waals surface area contributed by atoms with Crippen molar-refractivity contribution in [2.24, 2.45) is 0 Å². The maximum atomic E-state index is 2.41. The van der Waals surface area contributed by atoms with Crippen molar-refractivity contribution in [3.8, 4) is 50.2 Å². The largest absolute Gasteiger partial charge is 0.310 e. The van der Waals surface area contributed by atoms with Crippen LogP contribution in [0.1, 0.15) is 0 Å². The number of aromatic nitrogens is 1. The Morgan fingerprint density at radius 1 is 0.286 bits per heavy atom. The van der Waals surface area contributed by atoms with Crippen LogP contribution in [0.4, 0.5) is 17.1 Å². The zero-order valence-corrected chi connectivity index (χ0v) is 30.8. The molecular formula is C54H38N2. The molecule has 9 aromatic carbocycles. The Morgan fingerprint density at radius 2 is 0.732 bits per heavy atom. The second kappa shape index (κ2) is 14.4. The van der Waals surface area contributed by atoms with Crippen LogP contribution in [0.15, 0.2) is 231 Å². The SMILES string of the molecule is c1ccc(-c2ccc(N(c3ccc(-c4ccccc4)c(-c4ccccc4)c3)c3ccccc3-c3ccc(-n4c5ccccc5c5ccccc54)cc3)cc2)cc1. The number of fused-ring (bicyclic) bond motifs is 3. The minimum absolute atomic E-state index is 1.09. The summed E-state index contributed by atoms with van der Waals surface area (Å²) in [5, 5.41) is 2.53. The van der Waals surface area contributed by atoms with Crippen LogP contribution in [0.2, 0.25) is 0 Å². The van der Waals surface area contributed by atoms with Gasteiger partial charge < -0.3 is 9.47 Å². The molecule has 0 aliphatic rings. The fraction of sp³-hybridized carbons (Fsp3) is 0. The number of benzene rings is 9. The lowest BCUT2D eigenvalue weighted by atomic mass is 9.93. The number of para-hydroxylation sites is 3. The molecule has 1 aromatic heterocycles. The number of nitrogens with zero attached hydrogens (tertiary/aromatic N) is 2. The molecule has 0 bridgehead atoms. The molecule has 0 saturated carbocycles. The van der Waals surface area contributed by atoms with Crippen molar-refractivity contribution in [3.05, 3.63) is 231 Å². The van der Waals surface area contributed by atoms with Crippen LogP contribution in [-0.4, -0.2) is 4.57 Å². The summed E-state index contributed by atoms with van der Waals surface area (Å²) in [6.07, 6.45) is 0. The molecule has 0 amide bonds. The maximum Gasteiger partial charge on any atom is 0.0541 e. The minimum Gasteiger partial charge on any atom is -0.310 e. The fourth-order valence-electron chi connectivity index (χ4n) is 8.16. The van der Waals surface area contributed by atoms with Crippen LogP contribution in [0.25, 0.3) is 72.0 Å². The summed E-state index contributed by atoms with van der Waals surface area (Å²) >= 11 is 0. The van der Waals surface area contributed by atoms with Gasteiger partial charge in [-0.1, -0.05) is 176 Å². The first-order valence-corrected chi connectivity index (χ1v) is 19.2. The van der Waals surface area contributed by atoms with Gasteiger partial charge in [-0.15, -0.1) is 0 Å². The zero-order valence-electron chi connectivity index (χ0n) is 30.8. The monoisotopic (exact) mass is 714 g/mol. The average molecular weight is 715 g/mol. The van der Waals surface area contributed by atoms with Crippen molar-refractivity contribution in [2.45, 2.75) is 0 Å². The van der Waals surface area contributed by atoms with E-state index in [4.69, 9.17) is 0 Å². The van der Waals surface area contributed by atoms with E-state index in [1.807, 2.05) is 0 Å². The van der Waals surface area contributed by atoms with Gasteiger partial charge in [0.15, 0.2) is 0 Å². The third-order valence-electron chi connectivity index (χ3n) is 10.8. The van der Waals surface area contributed by atoms with E-state index in [2.05, 4.69) is 240 Å². The predicted octanol–water partition coefficient (Wildman–Crippen LogP) is 14.9. The molecule has 10 rings (SSSR count). The van der Waals surface area contributed by atoms with Gasteiger partial charge in [-0.05, 0) is 93.5 Å². The summed E-state index contributed by atoms with van der Waals surface area (Å²) in [6, 6.07) is 83.1. The first kappa shape index (κ1) is 33.2. The normalized spacial score (nSPS) is 11.2. The molecule has 0 spiro atoms. The highest BCUT2D eigenvalue weighted by atomic mass is 15.1. The van der Waals surface area contributed by atoms with Gasteiger partial charge in [0.2, 0.25) is 0 Å². The van der Waals surface area contributed by atoms with Gasteiger partial charge in [0.05, 0.1) is 16.7 Å². The molecular weight excluding hydrogens is 677 g/mol. The molecule has 0 unspecified atom stereocenters. The van der Waals surface area contributed by atoms with Crippen molar-refractivity contribution >= 4 is 38.9 Å². The molecule has 10 aromatic rings. The van der Waals surface area contributed by atoms with E-state index in [1.165, 1.54) is 55.2 Å². The quantitative estimate of drug-likeness (QED) is 0.152. The number of rotatable bonds is 8. The van der Waals surface area contributed by atoms with Crippen molar-refractivity contribution in [1.82, 2.24) is 4.57 Å². The highest BCUT2D eigenvalue weighted by molar-refractivity contribution is 6.09. The van der Waals surface area contributed by atoms with E-state index in [9.17, 15) is 0 Å². The number of anilines is 3. The Hall–Kier alpha value is -7.42. The minimum atomic E-state index is 1.09. The Bertz CT molecular complexity index is 2870. The van der Waals surface area contributed by atoms with Crippen molar-refractivity contribution in [3.63, 3.8) is 0 Å². The standard InChI is InChI=1S/C54H38N2/c1-4-16-39(17-5-1)40-28-32-44(33-29-40)55(46-36-37-47(41-18-6-2-7-19-41)51(38-46)42-20-8-3-9-21-42)52-25-13-10-22-48(52)43-30-34-45(35-31-43)56-53-26-14-11-23-49(53)50-24-12-15-27-54(50)56/h1-38H.